The highest BCUT2D eigenvalue weighted by atomic mass is 79.9. The number of amides is 1. The first kappa shape index (κ1) is 14.9. The van der Waals surface area contributed by atoms with E-state index in [1.807, 2.05) is 31.2 Å². The number of carbonyl (C=O) groups excluding carboxylic acids is 1. The van der Waals surface area contributed by atoms with Crippen LogP contribution < -0.4 is 10.9 Å². The summed E-state index contributed by atoms with van der Waals surface area (Å²) in [5.74, 6) is 0. The summed E-state index contributed by atoms with van der Waals surface area (Å²) in [6.07, 6.45) is 1.60. The van der Waals surface area contributed by atoms with Crippen molar-refractivity contribution in [1.82, 2.24) is 14.3 Å². The number of aromatic nitrogens is 2. The number of nitrogens with zero attached hydrogens (tertiary/aromatic N) is 2. The van der Waals surface area contributed by atoms with Crippen LogP contribution in [-0.2, 0) is 0 Å². The minimum atomic E-state index is -0.444. The molecule has 5 nitrogen and oxygen atoms in total. The SMILES string of the molecule is C[C@@H](NC(=O)n1sc2ncccc2c1=O)c1cccc(Br)c1. The zero-order valence-corrected chi connectivity index (χ0v) is 14.0. The average Bonchev–Trinajstić information content (AvgIpc) is 2.85. The molecular formula is C15H12BrN3O2S. The molecule has 0 saturated carbocycles. The van der Waals surface area contributed by atoms with Gasteiger partial charge in [0.15, 0.2) is 0 Å². The standard InChI is InChI=1S/C15H12BrN3O2S/c1-9(10-4-2-5-11(16)8-10)18-15(21)19-14(20)12-6-3-7-17-13(12)22-19/h2-9H,1H3,(H,18,21)/t9-/m1/s1. The highest BCUT2D eigenvalue weighted by Crippen LogP contribution is 2.18. The Bertz CT molecular complexity index is 903. The van der Waals surface area contributed by atoms with E-state index in [-0.39, 0.29) is 11.6 Å². The lowest BCUT2D eigenvalue weighted by Gasteiger charge is -2.14. The van der Waals surface area contributed by atoms with E-state index >= 15 is 0 Å². The fourth-order valence-corrected chi connectivity index (χ4v) is 3.37. The van der Waals surface area contributed by atoms with Gasteiger partial charge in [-0.25, -0.2) is 9.78 Å². The maximum Gasteiger partial charge on any atom is 0.338 e. The van der Waals surface area contributed by atoms with Gasteiger partial charge in [0.1, 0.15) is 4.83 Å². The van der Waals surface area contributed by atoms with E-state index in [0.717, 1.165) is 25.5 Å². The van der Waals surface area contributed by atoms with Crippen LogP contribution in [0.15, 0.2) is 51.9 Å². The quantitative estimate of drug-likeness (QED) is 0.742. The van der Waals surface area contributed by atoms with Gasteiger partial charge in [0.2, 0.25) is 0 Å². The van der Waals surface area contributed by atoms with Crippen molar-refractivity contribution >= 4 is 43.7 Å². The lowest BCUT2D eigenvalue weighted by atomic mass is 10.1. The number of fused-ring (bicyclic) bond motifs is 1. The van der Waals surface area contributed by atoms with Gasteiger partial charge < -0.3 is 5.32 Å². The number of rotatable bonds is 2. The van der Waals surface area contributed by atoms with Crippen molar-refractivity contribution in [3.63, 3.8) is 0 Å². The van der Waals surface area contributed by atoms with Crippen LogP contribution in [0.1, 0.15) is 18.5 Å². The number of hydrogen-bond donors (Lipinski definition) is 1. The monoisotopic (exact) mass is 377 g/mol. The number of nitrogens with one attached hydrogen (secondary N) is 1. The van der Waals surface area contributed by atoms with Crippen LogP contribution in [0.4, 0.5) is 4.79 Å². The molecule has 0 aliphatic rings. The van der Waals surface area contributed by atoms with Gasteiger partial charge >= 0.3 is 6.03 Å². The largest absolute Gasteiger partial charge is 0.338 e. The predicted octanol–water partition coefficient (Wildman–Crippen LogP) is 3.54. The average molecular weight is 378 g/mol. The molecule has 0 aliphatic heterocycles. The summed E-state index contributed by atoms with van der Waals surface area (Å²) in [5.41, 5.74) is 0.613. The molecule has 1 aromatic carbocycles. The number of pyridine rings is 1. The van der Waals surface area contributed by atoms with Crippen molar-refractivity contribution in [2.24, 2.45) is 0 Å². The maximum absolute atomic E-state index is 12.3. The fourth-order valence-electron chi connectivity index (χ4n) is 2.10. The molecule has 3 aromatic rings. The van der Waals surface area contributed by atoms with E-state index in [1.165, 1.54) is 0 Å². The molecule has 0 saturated heterocycles. The van der Waals surface area contributed by atoms with Gasteiger partial charge in [-0.05, 0) is 48.3 Å². The Hall–Kier alpha value is -1.99. The Morgan fingerprint density at radius 2 is 2.18 bits per heavy atom. The highest BCUT2D eigenvalue weighted by Gasteiger charge is 2.17. The molecule has 7 heteroatoms. The Labute approximate surface area is 138 Å². The highest BCUT2D eigenvalue weighted by molar-refractivity contribution is 9.10. The third-order valence-electron chi connectivity index (χ3n) is 3.24. The fraction of sp³-hybridized carbons (Fsp3) is 0.133. The number of halogens is 1. The topological polar surface area (TPSA) is 64.0 Å². The molecule has 1 atom stereocenters. The molecule has 0 bridgehead atoms. The van der Waals surface area contributed by atoms with Crippen LogP contribution in [0.25, 0.3) is 10.2 Å². The predicted molar refractivity (Wildman–Crippen MR) is 90.4 cm³/mol. The Morgan fingerprint density at radius 3 is 2.91 bits per heavy atom. The lowest BCUT2D eigenvalue weighted by molar-refractivity contribution is 0.241. The minimum Gasteiger partial charge on any atom is -0.330 e. The van der Waals surface area contributed by atoms with E-state index in [0.29, 0.717) is 10.2 Å². The molecule has 1 N–H and O–H groups in total. The van der Waals surface area contributed by atoms with E-state index in [9.17, 15) is 9.59 Å². The second-order valence-electron chi connectivity index (χ2n) is 4.77. The van der Waals surface area contributed by atoms with E-state index < -0.39 is 6.03 Å². The summed E-state index contributed by atoms with van der Waals surface area (Å²) >= 11 is 4.45. The van der Waals surface area contributed by atoms with Gasteiger partial charge in [0.05, 0.1) is 11.4 Å². The summed E-state index contributed by atoms with van der Waals surface area (Å²) in [4.78, 5) is 29.2. The molecule has 3 rings (SSSR count). The zero-order chi connectivity index (χ0) is 15.7. The molecule has 0 fully saturated rings. The van der Waals surface area contributed by atoms with Crippen molar-refractivity contribution in [3.05, 3.63) is 63.0 Å². The van der Waals surface area contributed by atoms with E-state index in [1.54, 1.807) is 18.3 Å². The maximum atomic E-state index is 12.3. The van der Waals surface area contributed by atoms with Gasteiger partial charge in [0.25, 0.3) is 5.56 Å². The Kier molecular flexibility index (Phi) is 4.08. The lowest BCUT2D eigenvalue weighted by Crippen LogP contribution is -2.34. The third kappa shape index (κ3) is 2.82. The van der Waals surface area contributed by atoms with Crippen molar-refractivity contribution in [2.75, 3.05) is 0 Å². The van der Waals surface area contributed by atoms with Crippen LogP contribution in [0, 0.1) is 0 Å². The third-order valence-corrected chi connectivity index (χ3v) is 4.74. The number of hydrogen-bond acceptors (Lipinski definition) is 4. The molecule has 0 unspecified atom stereocenters. The van der Waals surface area contributed by atoms with Crippen LogP contribution in [0.5, 0.6) is 0 Å². The van der Waals surface area contributed by atoms with Crippen LogP contribution in [0.3, 0.4) is 0 Å². The number of carbonyl (C=O) groups is 1. The van der Waals surface area contributed by atoms with Crippen molar-refractivity contribution < 1.29 is 4.79 Å². The number of benzene rings is 1. The van der Waals surface area contributed by atoms with Crippen LogP contribution in [-0.4, -0.2) is 15.0 Å². The van der Waals surface area contributed by atoms with Crippen molar-refractivity contribution in [3.8, 4) is 0 Å². The second-order valence-corrected chi connectivity index (χ2v) is 6.62. The normalized spacial score (nSPS) is 12.3. The Morgan fingerprint density at radius 1 is 1.36 bits per heavy atom. The van der Waals surface area contributed by atoms with Gasteiger partial charge in [-0.1, -0.05) is 28.1 Å². The van der Waals surface area contributed by atoms with Gasteiger partial charge in [0, 0.05) is 10.7 Å². The smallest absolute Gasteiger partial charge is 0.330 e. The molecule has 2 aromatic heterocycles. The molecule has 0 spiro atoms. The molecule has 1 amide bonds. The summed E-state index contributed by atoms with van der Waals surface area (Å²) < 4.78 is 2.04. The van der Waals surface area contributed by atoms with Crippen molar-refractivity contribution in [2.45, 2.75) is 13.0 Å². The minimum absolute atomic E-state index is 0.213. The van der Waals surface area contributed by atoms with Crippen molar-refractivity contribution in [1.29, 1.82) is 0 Å². The molecule has 0 radical (unpaired) electrons. The van der Waals surface area contributed by atoms with Gasteiger partial charge in [-0.15, -0.1) is 0 Å². The molecule has 2 heterocycles. The molecule has 0 aliphatic carbocycles. The van der Waals surface area contributed by atoms with Crippen LogP contribution in [0.2, 0.25) is 0 Å². The summed E-state index contributed by atoms with van der Waals surface area (Å²) in [7, 11) is 0. The Balaban J connectivity index is 1.87. The summed E-state index contributed by atoms with van der Waals surface area (Å²) in [5, 5.41) is 3.28. The molecule has 112 valence electrons. The van der Waals surface area contributed by atoms with Crippen LogP contribution >= 0.6 is 27.5 Å². The first-order valence-electron chi connectivity index (χ1n) is 6.59. The zero-order valence-electron chi connectivity index (χ0n) is 11.6. The van der Waals surface area contributed by atoms with Gasteiger partial charge in [-0.3, -0.25) is 4.79 Å². The van der Waals surface area contributed by atoms with Gasteiger partial charge in [-0.2, -0.15) is 3.96 Å². The first-order chi connectivity index (χ1) is 10.6. The summed E-state index contributed by atoms with van der Waals surface area (Å²) in [6, 6.07) is 10.4. The molecule has 22 heavy (non-hydrogen) atoms. The van der Waals surface area contributed by atoms with E-state index in [4.69, 9.17) is 0 Å². The first-order valence-corrected chi connectivity index (χ1v) is 8.16. The molecular weight excluding hydrogens is 366 g/mol. The second kappa shape index (κ2) is 6.02. The van der Waals surface area contributed by atoms with E-state index in [2.05, 4.69) is 26.2 Å². The summed E-state index contributed by atoms with van der Waals surface area (Å²) in [6.45, 7) is 1.87.